The third-order valence-corrected chi connectivity index (χ3v) is 4.66. The summed E-state index contributed by atoms with van der Waals surface area (Å²) in [5.41, 5.74) is -1.13. The number of sulfonamides is 1. The van der Waals surface area contributed by atoms with Crippen LogP contribution in [0.5, 0.6) is 5.75 Å². The fourth-order valence-corrected chi connectivity index (χ4v) is 3.06. The van der Waals surface area contributed by atoms with E-state index in [1.807, 2.05) is 4.72 Å². The Morgan fingerprint density at radius 3 is 2.14 bits per heavy atom. The first-order valence-electron chi connectivity index (χ1n) is 7.59. The monoisotopic (exact) mass is 442 g/mol. The van der Waals surface area contributed by atoms with Gasteiger partial charge < -0.3 is 10.1 Å². The molecule has 0 aromatic heterocycles. The van der Waals surface area contributed by atoms with Crippen molar-refractivity contribution in [1.29, 1.82) is 0 Å². The zero-order valence-electron chi connectivity index (χ0n) is 14.1. The first-order chi connectivity index (χ1) is 13.3. The van der Waals surface area contributed by atoms with Gasteiger partial charge >= 0.3 is 12.5 Å². The standard InChI is InChI=1S/C16H12F6N2O4S/c17-15(18,19)10-2-1-3-13(8-10)29(26,27)23-9-14(25)24-11-4-6-12(7-5-11)28-16(20,21)22/h1-8,23H,9H2,(H,24,25). The van der Waals surface area contributed by atoms with Crippen LogP contribution in [0.3, 0.4) is 0 Å². The molecule has 29 heavy (non-hydrogen) atoms. The number of anilines is 1. The molecule has 6 nitrogen and oxygen atoms in total. The Morgan fingerprint density at radius 2 is 1.59 bits per heavy atom. The summed E-state index contributed by atoms with van der Waals surface area (Å²) in [6.07, 6.45) is -9.63. The molecule has 2 aromatic rings. The van der Waals surface area contributed by atoms with Gasteiger partial charge in [0.25, 0.3) is 0 Å². The van der Waals surface area contributed by atoms with Crippen molar-refractivity contribution in [3.05, 3.63) is 54.1 Å². The first kappa shape index (κ1) is 22.5. The van der Waals surface area contributed by atoms with Gasteiger partial charge in [0, 0.05) is 5.69 Å². The summed E-state index contributed by atoms with van der Waals surface area (Å²) >= 11 is 0. The summed E-state index contributed by atoms with van der Waals surface area (Å²) in [6.45, 7) is -0.820. The summed E-state index contributed by atoms with van der Waals surface area (Å²) in [6, 6.07) is 6.96. The van der Waals surface area contributed by atoms with E-state index in [9.17, 15) is 39.6 Å². The lowest BCUT2D eigenvalue weighted by Crippen LogP contribution is -2.33. The molecule has 0 heterocycles. The van der Waals surface area contributed by atoms with Crippen LogP contribution in [0.2, 0.25) is 0 Å². The van der Waals surface area contributed by atoms with Gasteiger partial charge in [0.2, 0.25) is 15.9 Å². The zero-order valence-corrected chi connectivity index (χ0v) is 15.0. The van der Waals surface area contributed by atoms with Crippen LogP contribution in [0, 0.1) is 0 Å². The lowest BCUT2D eigenvalue weighted by atomic mass is 10.2. The number of ether oxygens (including phenoxy) is 1. The molecule has 13 heteroatoms. The molecule has 2 N–H and O–H groups in total. The second-order valence-corrected chi connectivity index (χ2v) is 7.24. The molecule has 0 spiro atoms. The SMILES string of the molecule is O=C(CNS(=O)(=O)c1cccc(C(F)(F)F)c1)Nc1ccc(OC(F)(F)F)cc1. The third kappa shape index (κ3) is 6.94. The fraction of sp³-hybridized carbons (Fsp3) is 0.188. The number of hydrogen-bond donors (Lipinski definition) is 2. The van der Waals surface area contributed by atoms with Crippen molar-refractivity contribution in [2.45, 2.75) is 17.4 Å². The van der Waals surface area contributed by atoms with Gasteiger partial charge in [-0.1, -0.05) is 6.07 Å². The molecular weight excluding hydrogens is 430 g/mol. The minimum Gasteiger partial charge on any atom is -0.406 e. The molecule has 1 amide bonds. The number of amides is 1. The van der Waals surface area contributed by atoms with Crippen LogP contribution in [0.4, 0.5) is 32.0 Å². The Labute approximate surface area is 160 Å². The fourth-order valence-electron chi connectivity index (χ4n) is 2.03. The number of hydrogen-bond acceptors (Lipinski definition) is 4. The van der Waals surface area contributed by atoms with Gasteiger partial charge in [0.1, 0.15) is 5.75 Å². The average molecular weight is 442 g/mol. The molecule has 2 aromatic carbocycles. The summed E-state index contributed by atoms with van der Waals surface area (Å²) in [4.78, 5) is 11.1. The lowest BCUT2D eigenvalue weighted by Gasteiger charge is -2.11. The van der Waals surface area contributed by atoms with Gasteiger partial charge in [-0.05, 0) is 42.5 Å². The van der Waals surface area contributed by atoms with Crippen molar-refractivity contribution in [3.63, 3.8) is 0 Å². The quantitative estimate of drug-likeness (QED) is 0.671. The molecule has 0 aliphatic carbocycles. The number of carbonyl (C=O) groups excluding carboxylic acids is 1. The van der Waals surface area contributed by atoms with Gasteiger partial charge in [-0.15, -0.1) is 13.2 Å². The molecule has 0 bridgehead atoms. The third-order valence-electron chi connectivity index (χ3n) is 3.27. The van der Waals surface area contributed by atoms with Crippen molar-refractivity contribution in [1.82, 2.24) is 4.72 Å². The number of carbonyl (C=O) groups is 1. The van der Waals surface area contributed by atoms with E-state index in [1.54, 1.807) is 0 Å². The highest BCUT2D eigenvalue weighted by Gasteiger charge is 2.32. The van der Waals surface area contributed by atoms with Crippen LogP contribution in [0.15, 0.2) is 53.4 Å². The van der Waals surface area contributed by atoms with Crippen molar-refractivity contribution in [2.24, 2.45) is 0 Å². The lowest BCUT2D eigenvalue weighted by molar-refractivity contribution is -0.274. The number of halogens is 6. The smallest absolute Gasteiger partial charge is 0.406 e. The Kier molecular flexibility index (Phi) is 6.43. The van der Waals surface area contributed by atoms with E-state index in [0.29, 0.717) is 12.1 Å². The van der Waals surface area contributed by atoms with E-state index >= 15 is 0 Å². The second kappa shape index (κ2) is 8.29. The highest BCUT2D eigenvalue weighted by atomic mass is 32.2. The van der Waals surface area contributed by atoms with Gasteiger partial charge in [-0.3, -0.25) is 4.79 Å². The average Bonchev–Trinajstić information content (AvgIpc) is 2.60. The minimum atomic E-state index is -4.88. The maximum atomic E-state index is 12.7. The second-order valence-electron chi connectivity index (χ2n) is 5.47. The van der Waals surface area contributed by atoms with Crippen LogP contribution in [-0.2, 0) is 21.0 Å². The van der Waals surface area contributed by atoms with E-state index in [1.165, 1.54) is 0 Å². The number of benzene rings is 2. The van der Waals surface area contributed by atoms with Crippen molar-refractivity contribution in [2.75, 3.05) is 11.9 Å². The highest BCUT2D eigenvalue weighted by Crippen LogP contribution is 2.30. The van der Waals surface area contributed by atoms with Crippen LogP contribution in [0.1, 0.15) is 5.56 Å². The Hall–Kier alpha value is -2.80. The van der Waals surface area contributed by atoms with Crippen molar-refractivity contribution < 1.29 is 44.3 Å². The van der Waals surface area contributed by atoms with E-state index in [4.69, 9.17) is 0 Å². The predicted molar refractivity (Wildman–Crippen MR) is 88.4 cm³/mol. The molecular formula is C16H12F6N2O4S. The van der Waals surface area contributed by atoms with Gasteiger partial charge in [-0.2, -0.15) is 13.2 Å². The predicted octanol–water partition coefficient (Wildman–Crippen LogP) is 3.52. The highest BCUT2D eigenvalue weighted by molar-refractivity contribution is 7.89. The molecule has 2 rings (SSSR count). The first-order valence-corrected chi connectivity index (χ1v) is 9.07. The molecule has 158 valence electrons. The summed E-state index contributed by atoms with van der Waals surface area (Å²) < 4.78 is 104. The van der Waals surface area contributed by atoms with Gasteiger partial charge in [-0.25, -0.2) is 13.1 Å². The molecule has 0 radical (unpaired) electrons. The van der Waals surface area contributed by atoms with E-state index in [2.05, 4.69) is 10.1 Å². The van der Waals surface area contributed by atoms with E-state index < -0.39 is 51.2 Å². The Morgan fingerprint density at radius 1 is 0.966 bits per heavy atom. The topological polar surface area (TPSA) is 84.5 Å². The van der Waals surface area contributed by atoms with Crippen LogP contribution >= 0.6 is 0 Å². The number of alkyl halides is 6. The van der Waals surface area contributed by atoms with Gasteiger partial charge in [0.05, 0.1) is 17.0 Å². The largest absolute Gasteiger partial charge is 0.573 e. The van der Waals surface area contributed by atoms with Crippen LogP contribution < -0.4 is 14.8 Å². The molecule has 0 atom stereocenters. The maximum absolute atomic E-state index is 12.7. The van der Waals surface area contributed by atoms with E-state index in [-0.39, 0.29) is 5.69 Å². The Bertz CT molecular complexity index is 972. The van der Waals surface area contributed by atoms with Crippen LogP contribution in [0.25, 0.3) is 0 Å². The van der Waals surface area contributed by atoms with Crippen molar-refractivity contribution in [3.8, 4) is 5.75 Å². The van der Waals surface area contributed by atoms with Crippen LogP contribution in [-0.4, -0.2) is 27.2 Å². The number of rotatable bonds is 6. The molecule has 0 saturated carbocycles. The minimum absolute atomic E-state index is 0.0443. The maximum Gasteiger partial charge on any atom is 0.573 e. The number of nitrogens with one attached hydrogen (secondary N) is 2. The van der Waals surface area contributed by atoms with Gasteiger partial charge in [0.15, 0.2) is 0 Å². The molecule has 0 aliphatic rings. The Balaban J connectivity index is 1.98. The summed E-state index contributed by atoms with van der Waals surface area (Å²) in [7, 11) is -4.41. The normalized spacial score (nSPS) is 12.5. The zero-order chi connectivity index (χ0) is 21.9. The molecule has 0 fully saturated rings. The molecule has 0 saturated heterocycles. The van der Waals surface area contributed by atoms with Crippen molar-refractivity contribution >= 4 is 21.6 Å². The summed E-state index contributed by atoms with van der Waals surface area (Å²) in [5, 5.41) is 2.21. The molecule has 0 unspecified atom stereocenters. The van der Waals surface area contributed by atoms with E-state index in [0.717, 1.165) is 36.4 Å². The summed E-state index contributed by atoms with van der Waals surface area (Å²) in [5.74, 6) is -1.43. The molecule has 0 aliphatic heterocycles.